The topological polar surface area (TPSA) is 56.5 Å². The average molecular weight is 253 g/mol. The van der Waals surface area contributed by atoms with Crippen LogP contribution in [-0.2, 0) is 0 Å². The van der Waals surface area contributed by atoms with Crippen molar-refractivity contribution < 1.29 is 9.53 Å². The predicted octanol–water partition coefficient (Wildman–Crippen LogP) is 2.22. The SMILES string of the molecule is COc1cccc(-c2nn3cccnc3c2C=O)c1. The summed E-state index contributed by atoms with van der Waals surface area (Å²) in [5, 5.41) is 4.40. The van der Waals surface area contributed by atoms with Crippen molar-refractivity contribution in [3.63, 3.8) is 0 Å². The van der Waals surface area contributed by atoms with E-state index in [1.807, 2.05) is 24.3 Å². The first kappa shape index (κ1) is 11.4. The summed E-state index contributed by atoms with van der Waals surface area (Å²) in [6.45, 7) is 0. The van der Waals surface area contributed by atoms with Gasteiger partial charge in [-0.15, -0.1) is 0 Å². The molecule has 0 radical (unpaired) electrons. The van der Waals surface area contributed by atoms with Crippen LogP contribution in [0.2, 0.25) is 0 Å². The molecule has 0 aliphatic rings. The molecule has 2 heterocycles. The summed E-state index contributed by atoms with van der Waals surface area (Å²) in [6.07, 6.45) is 4.18. The highest BCUT2D eigenvalue weighted by Crippen LogP contribution is 2.26. The molecule has 0 atom stereocenters. The fourth-order valence-electron chi connectivity index (χ4n) is 2.00. The van der Waals surface area contributed by atoms with Gasteiger partial charge in [-0.3, -0.25) is 4.79 Å². The van der Waals surface area contributed by atoms with Crippen LogP contribution >= 0.6 is 0 Å². The minimum absolute atomic E-state index is 0.480. The van der Waals surface area contributed by atoms with E-state index in [9.17, 15) is 4.79 Å². The van der Waals surface area contributed by atoms with E-state index in [4.69, 9.17) is 4.74 Å². The zero-order chi connectivity index (χ0) is 13.2. The Bertz CT molecular complexity index is 749. The monoisotopic (exact) mass is 253 g/mol. The third-order valence-corrected chi connectivity index (χ3v) is 2.89. The molecule has 0 saturated carbocycles. The van der Waals surface area contributed by atoms with Crippen molar-refractivity contribution in [2.75, 3.05) is 7.11 Å². The van der Waals surface area contributed by atoms with E-state index in [2.05, 4.69) is 10.1 Å². The second-order valence-corrected chi connectivity index (χ2v) is 4.00. The molecule has 1 aromatic carbocycles. The molecule has 0 fully saturated rings. The minimum atomic E-state index is 0.480. The number of carbonyl (C=O) groups is 1. The summed E-state index contributed by atoms with van der Waals surface area (Å²) in [7, 11) is 1.60. The number of benzene rings is 1. The fraction of sp³-hybridized carbons (Fsp3) is 0.0714. The number of hydrogen-bond acceptors (Lipinski definition) is 4. The summed E-state index contributed by atoms with van der Waals surface area (Å²) in [6, 6.07) is 9.20. The Morgan fingerprint density at radius 3 is 3.00 bits per heavy atom. The standard InChI is InChI=1S/C14H11N3O2/c1-19-11-5-2-4-10(8-11)13-12(9-18)14-15-6-3-7-17(14)16-13/h2-9H,1H3. The number of carbonyl (C=O) groups excluding carboxylic acids is 1. The molecule has 0 saturated heterocycles. The minimum Gasteiger partial charge on any atom is -0.497 e. The summed E-state index contributed by atoms with van der Waals surface area (Å²) in [5.41, 5.74) is 2.46. The smallest absolute Gasteiger partial charge is 0.166 e. The van der Waals surface area contributed by atoms with Gasteiger partial charge in [-0.2, -0.15) is 5.10 Å². The maximum absolute atomic E-state index is 11.3. The number of fused-ring (bicyclic) bond motifs is 1. The van der Waals surface area contributed by atoms with E-state index < -0.39 is 0 Å². The second-order valence-electron chi connectivity index (χ2n) is 4.00. The highest BCUT2D eigenvalue weighted by molar-refractivity contribution is 5.93. The van der Waals surface area contributed by atoms with E-state index in [0.717, 1.165) is 17.6 Å². The zero-order valence-corrected chi connectivity index (χ0v) is 10.3. The Morgan fingerprint density at radius 1 is 1.32 bits per heavy atom. The summed E-state index contributed by atoms with van der Waals surface area (Å²) >= 11 is 0. The molecule has 2 aromatic heterocycles. The summed E-state index contributed by atoms with van der Waals surface area (Å²) in [5.74, 6) is 0.722. The Hall–Kier alpha value is -2.69. The van der Waals surface area contributed by atoms with Crippen molar-refractivity contribution in [2.24, 2.45) is 0 Å². The number of aromatic nitrogens is 3. The Kier molecular flexibility index (Phi) is 2.72. The van der Waals surface area contributed by atoms with Gasteiger partial charge in [-0.25, -0.2) is 9.50 Å². The van der Waals surface area contributed by atoms with E-state index in [-0.39, 0.29) is 0 Å². The van der Waals surface area contributed by atoms with Crippen molar-refractivity contribution >= 4 is 11.9 Å². The molecule has 0 unspecified atom stereocenters. The number of aldehydes is 1. The zero-order valence-electron chi connectivity index (χ0n) is 10.3. The predicted molar refractivity (Wildman–Crippen MR) is 70.4 cm³/mol. The van der Waals surface area contributed by atoms with E-state index in [1.165, 1.54) is 0 Å². The molecule has 19 heavy (non-hydrogen) atoms. The molecular formula is C14H11N3O2. The van der Waals surface area contributed by atoms with Gasteiger partial charge in [0.15, 0.2) is 11.9 Å². The van der Waals surface area contributed by atoms with Gasteiger partial charge in [0.1, 0.15) is 11.4 Å². The lowest BCUT2D eigenvalue weighted by Crippen LogP contribution is -1.88. The largest absolute Gasteiger partial charge is 0.497 e. The van der Waals surface area contributed by atoms with Crippen molar-refractivity contribution in [1.29, 1.82) is 0 Å². The molecule has 5 nitrogen and oxygen atoms in total. The van der Waals surface area contributed by atoms with Crippen LogP contribution in [0.1, 0.15) is 10.4 Å². The average Bonchev–Trinajstić information content (AvgIpc) is 2.86. The molecule has 0 bridgehead atoms. The van der Waals surface area contributed by atoms with E-state index in [0.29, 0.717) is 16.9 Å². The molecule has 0 N–H and O–H groups in total. The van der Waals surface area contributed by atoms with Gasteiger partial charge in [0, 0.05) is 18.0 Å². The van der Waals surface area contributed by atoms with Crippen LogP contribution < -0.4 is 4.74 Å². The summed E-state index contributed by atoms with van der Waals surface area (Å²) < 4.78 is 6.78. The molecule has 0 aliphatic carbocycles. The maximum Gasteiger partial charge on any atom is 0.166 e. The van der Waals surface area contributed by atoms with Crippen molar-refractivity contribution in [3.05, 3.63) is 48.3 Å². The number of hydrogen-bond donors (Lipinski definition) is 0. The lowest BCUT2D eigenvalue weighted by atomic mass is 10.1. The van der Waals surface area contributed by atoms with Crippen LogP contribution in [0.3, 0.4) is 0 Å². The van der Waals surface area contributed by atoms with Gasteiger partial charge in [-0.1, -0.05) is 12.1 Å². The van der Waals surface area contributed by atoms with Gasteiger partial charge in [0.25, 0.3) is 0 Å². The molecule has 0 aliphatic heterocycles. The molecular weight excluding hydrogens is 242 g/mol. The van der Waals surface area contributed by atoms with Gasteiger partial charge < -0.3 is 4.74 Å². The quantitative estimate of drug-likeness (QED) is 0.671. The molecule has 3 rings (SSSR count). The van der Waals surface area contributed by atoms with Crippen molar-refractivity contribution in [2.45, 2.75) is 0 Å². The third kappa shape index (κ3) is 1.85. The third-order valence-electron chi connectivity index (χ3n) is 2.89. The number of methoxy groups -OCH3 is 1. The molecule has 94 valence electrons. The van der Waals surface area contributed by atoms with Crippen LogP contribution in [0.25, 0.3) is 16.9 Å². The van der Waals surface area contributed by atoms with Crippen LogP contribution in [0.15, 0.2) is 42.7 Å². The normalized spacial score (nSPS) is 10.6. The van der Waals surface area contributed by atoms with E-state index >= 15 is 0 Å². The lowest BCUT2D eigenvalue weighted by molar-refractivity contribution is 0.112. The first-order chi connectivity index (χ1) is 9.33. The maximum atomic E-state index is 11.3. The molecule has 0 amide bonds. The fourth-order valence-corrected chi connectivity index (χ4v) is 2.00. The molecule has 5 heteroatoms. The highest BCUT2D eigenvalue weighted by atomic mass is 16.5. The lowest BCUT2D eigenvalue weighted by Gasteiger charge is -2.02. The number of rotatable bonds is 3. The Morgan fingerprint density at radius 2 is 2.21 bits per heavy atom. The van der Waals surface area contributed by atoms with Crippen molar-refractivity contribution in [1.82, 2.24) is 14.6 Å². The summed E-state index contributed by atoms with van der Waals surface area (Å²) in [4.78, 5) is 15.5. The number of nitrogens with zero attached hydrogens (tertiary/aromatic N) is 3. The first-order valence-electron chi connectivity index (χ1n) is 5.76. The number of ether oxygens (including phenoxy) is 1. The Balaban J connectivity index is 2.26. The van der Waals surface area contributed by atoms with Gasteiger partial charge >= 0.3 is 0 Å². The molecule has 0 spiro atoms. The van der Waals surface area contributed by atoms with Crippen LogP contribution in [-0.4, -0.2) is 28.0 Å². The van der Waals surface area contributed by atoms with Crippen LogP contribution in [0, 0.1) is 0 Å². The second kappa shape index (κ2) is 4.53. The van der Waals surface area contributed by atoms with Crippen LogP contribution in [0.4, 0.5) is 0 Å². The van der Waals surface area contributed by atoms with Gasteiger partial charge in [0.05, 0.1) is 12.7 Å². The van der Waals surface area contributed by atoms with Crippen molar-refractivity contribution in [3.8, 4) is 17.0 Å². The highest BCUT2D eigenvalue weighted by Gasteiger charge is 2.14. The van der Waals surface area contributed by atoms with Gasteiger partial charge in [0.2, 0.25) is 0 Å². The Labute approximate surface area is 109 Å². The molecule has 3 aromatic rings. The van der Waals surface area contributed by atoms with Crippen LogP contribution in [0.5, 0.6) is 5.75 Å². The van der Waals surface area contributed by atoms with Gasteiger partial charge in [-0.05, 0) is 18.2 Å². The van der Waals surface area contributed by atoms with E-state index in [1.54, 1.807) is 30.1 Å². The first-order valence-corrected chi connectivity index (χ1v) is 5.76.